The van der Waals surface area contributed by atoms with Gasteiger partial charge in [0.15, 0.2) is 0 Å². The van der Waals surface area contributed by atoms with Gasteiger partial charge in [-0.2, -0.15) is 0 Å². The van der Waals surface area contributed by atoms with E-state index in [-0.39, 0.29) is 0 Å². The second kappa shape index (κ2) is 4.19. The molecule has 0 amide bonds. The lowest BCUT2D eigenvalue weighted by molar-refractivity contribution is 0.340. The lowest BCUT2D eigenvalue weighted by Crippen LogP contribution is -1.97. The van der Waals surface area contributed by atoms with Gasteiger partial charge in [0.1, 0.15) is 18.2 Å². The predicted octanol–water partition coefficient (Wildman–Crippen LogP) is 2.24. The van der Waals surface area contributed by atoms with Crippen molar-refractivity contribution < 1.29 is 9.13 Å². The molecule has 0 N–H and O–H groups in total. The van der Waals surface area contributed by atoms with E-state index in [1.54, 1.807) is 6.07 Å². The summed E-state index contributed by atoms with van der Waals surface area (Å²) in [6.45, 7) is 0.394. The highest BCUT2D eigenvalue weighted by Crippen LogP contribution is 2.10. The summed E-state index contributed by atoms with van der Waals surface area (Å²) < 4.78 is 17.5. The van der Waals surface area contributed by atoms with Crippen LogP contribution in [0.25, 0.3) is 0 Å². The second-order valence-electron chi connectivity index (χ2n) is 1.91. The summed E-state index contributed by atoms with van der Waals surface area (Å²) in [6.07, 6.45) is 0. The summed E-state index contributed by atoms with van der Waals surface area (Å²) >= 11 is 5.36. The van der Waals surface area contributed by atoms with Crippen molar-refractivity contribution in [1.82, 2.24) is 0 Å². The van der Waals surface area contributed by atoms with Gasteiger partial charge in [0, 0.05) is 12.1 Å². The fourth-order valence-corrected chi connectivity index (χ4v) is 0.741. The zero-order valence-electron chi connectivity index (χ0n) is 5.81. The highest BCUT2D eigenvalue weighted by atomic mass is 35.5. The van der Waals surface area contributed by atoms with Crippen LogP contribution in [-0.2, 0) is 0 Å². The number of halogens is 2. The first-order valence-electron chi connectivity index (χ1n) is 3.19. The largest absolute Gasteiger partial charge is 0.492 e. The van der Waals surface area contributed by atoms with Crippen LogP contribution in [0, 0.1) is 11.9 Å². The maximum Gasteiger partial charge on any atom is 0.134 e. The standard InChI is InChI=1S/C8H7ClFO/c9-4-5-11-8-3-1-2-7(10)6-8/h1,3,6H,4-5H2. The maximum absolute atomic E-state index is 12.4. The van der Waals surface area contributed by atoms with Gasteiger partial charge in [-0.05, 0) is 12.1 Å². The molecule has 1 nitrogen and oxygen atoms in total. The molecule has 1 aromatic carbocycles. The minimum absolute atomic E-state index is 0.394. The molecule has 0 saturated carbocycles. The molecule has 1 aromatic rings. The Morgan fingerprint density at radius 1 is 1.64 bits per heavy atom. The lowest BCUT2D eigenvalue weighted by Gasteiger charge is -2.01. The molecule has 0 saturated heterocycles. The van der Waals surface area contributed by atoms with E-state index in [2.05, 4.69) is 6.07 Å². The van der Waals surface area contributed by atoms with Gasteiger partial charge in [0.25, 0.3) is 0 Å². The number of hydrogen-bond donors (Lipinski definition) is 0. The molecule has 1 rings (SSSR count). The Labute approximate surface area is 69.7 Å². The van der Waals surface area contributed by atoms with Crippen molar-refractivity contribution in [1.29, 1.82) is 0 Å². The highest BCUT2D eigenvalue weighted by Gasteiger charge is 1.94. The number of hydrogen-bond acceptors (Lipinski definition) is 1. The Morgan fingerprint density at radius 3 is 3.09 bits per heavy atom. The first kappa shape index (κ1) is 8.34. The fraction of sp³-hybridized carbons (Fsp3) is 0.250. The van der Waals surface area contributed by atoms with E-state index in [4.69, 9.17) is 16.3 Å². The summed E-state index contributed by atoms with van der Waals surface area (Å²) in [5, 5.41) is 0. The first-order valence-corrected chi connectivity index (χ1v) is 3.72. The molecule has 0 bridgehead atoms. The molecule has 0 atom stereocenters. The summed E-state index contributed by atoms with van der Waals surface area (Å²) in [7, 11) is 0. The van der Waals surface area contributed by atoms with Crippen LogP contribution in [0.3, 0.4) is 0 Å². The van der Waals surface area contributed by atoms with Crippen LogP contribution in [-0.4, -0.2) is 12.5 Å². The zero-order valence-corrected chi connectivity index (χ0v) is 6.57. The van der Waals surface area contributed by atoms with Crippen LogP contribution in [0.2, 0.25) is 0 Å². The molecule has 0 aromatic heterocycles. The molecule has 0 spiro atoms. The molecule has 0 aliphatic carbocycles. The van der Waals surface area contributed by atoms with Gasteiger partial charge in [-0.1, -0.05) is 0 Å². The molecule has 1 radical (unpaired) electrons. The molecule has 11 heavy (non-hydrogen) atoms. The minimum Gasteiger partial charge on any atom is -0.492 e. The van der Waals surface area contributed by atoms with Gasteiger partial charge >= 0.3 is 0 Å². The van der Waals surface area contributed by atoms with E-state index >= 15 is 0 Å². The van der Waals surface area contributed by atoms with Gasteiger partial charge in [-0.25, -0.2) is 4.39 Å². The quantitative estimate of drug-likeness (QED) is 0.637. The lowest BCUT2D eigenvalue weighted by atomic mass is 10.3. The molecule has 3 heteroatoms. The van der Waals surface area contributed by atoms with E-state index in [9.17, 15) is 4.39 Å². The van der Waals surface area contributed by atoms with E-state index in [0.717, 1.165) is 0 Å². The monoisotopic (exact) mass is 173 g/mol. The van der Waals surface area contributed by atoms with Crippen LogP contribution < -0.4 is 4.74 Å². The number of rotatable bonds is 3. The summed E-state index contributed by atoms with van der Waals surface area (Å²) in [5.41, 5.74) is 0. The van der Waals surface area contributed by atoms with E-state index in [1.807, 2.05) is 0 Å². The molecular formula is C8H7ClFO. The summed E-state index contributed by atoms with van der Waals surface area (Å²) in [4.78, 5) is 0. The Bertz CT molecular complexity index is 227. The molecular weight excluding hydrogens is 167 g/mol. The van der Waals surface area contributed by atoms with E-state index < -0.39 is 5.82 Å². The molecule has 0 aliphatic heterocycles. The maximum atomic E-state index is 12.4. The van der Waals surface area contributed by atoms with Gasteiger partial charge in [0.2, 0.25) is 0 Å². The molecule has 0 unspecified atom stereocenters. The molecule has 0 fully saturated rings. The number of benzene rings is 1. The smallest absolute Gasteiger partial charge is 0.134 e. The van der Waals surface area contributed by atoms with Crippen LogP contribution in [0.4, 0.5) is 4.39 Å². The Morgan fingerprint density at radius 2 is 2.45 bits per heavy atom. The third kappa shape index (κ3) is 2.76. The average molecular weight is 174 g/mol. The fourth-order valence-electron chi connectivity index (χ4n) is 0.664. The molecule has 0 aliphatic rings. The Kier molecular flexibility index (Phi) is 3.17. The third-order valence-electron chi connectivity index (χ3n) is 1.08. The molecule has 0 heterocycles. The van der Waals surface area contributed by atoms with E-state index in [0.29, 0.717) is 18.2 Å². The van der Waals surface area contributed by atoms with Gasteiger partial charge < -0.3 is 4.74 Å². The Hall–Kier alpha value is -0.760. The first-order chi connectivity index (χ1) is 5.33. The summed E-state index contributed by atoms with van der Waals surface area (Å²) in [5.74, 6) is 0.471. The SMILES string of the molecule is Fc1[c]ccc(OCCCl)c1. The van der Waals surface area contributed by atoms with Crippen LogP contribution in [0.15, 0.2) is 18.2 Å². The zero-order chi connectivity index (χ0) is 8.10. The predicted molar refractivity (Wildman–Crippen MR) is 41.5 cm³/mol. The van der Waals surface area contributed by atoms with Gasteiger partial charge in [-0.15, -0.1) is 11.6 Å². The van der Waals surface area contributed by atoms with Crippen molar-refractivity contribution in [2.24, 2.45) is 0 Å². The van der Waals surface area contributed by atoms with Crippen molar-refractivity contribution in [3.05, 3.63) is 30.1 Å². The minimum atomic E-state index is -0.419. The third-order valence-corrected chi connectivity index (χ3v) is 1.24. The van der Waals surface area contributed by atoms with Gasteiger partial charge in [0.05, 0.1) is 5.88 Å². The summed E-state index contributed by atoms with van der Waals surface area (Å²) in [6, 6.07) is 6.74. The average Bonchev–Trinajstić information content (AvgIpc) is 2.01. The molecule has 59 valence electrons. The number of ether oxygens (including phenoxy) is 1. The highest BCUT2D eigenvalue weighted by molar-refractivity contribution is 6.17. The van der Waals surface area contributed by atoms with E-state index in [1.165, 1.54) is 12.1 Å². The van der Waals surface area contributed by atoms with Gasteiger partial charge in [-0.3, -0.25) is 0 Å². The van der Waals surface area contributed by atoms with Crippen molar-refractivity contribution in [2.75, 3.05) is 12.5 Å². The van der Waals surface area contributed by atoms with Crippen LogP contribution in [0.5, 0.6) is 5.75 Å². The van der Waals surface area contributed by atoms with Crippen molar-refractivity contribution in [3.63, 3.8) is 0 Å². The van der Waals surface area contributed by atoms with Crippen LogP contribution >= 0.6 is 11.6 Å². The van der Waals surface area contributed by atoms with Crippen molar-refractivity contribution >= 4 is 11.6 Å². The van der Waals surface area contributed by atoms with Crippen LogP contribution in [0.1, 0.15) is 0 Å². The number of alkyl halides is 1. The van der Waals surface area contributed by atoms with Crippen molar-refractivity contribution in [2.45, 2.75) is 0 Å². The van der Waals surface area contributed by atoms with Crippen molar-refractivity contribution in [3.8, 4) is 5.75 Å². The topological polar surface area (TPSA) is 9.23 Å². The normalized spacial score (nSPS) is 9.64. The second-order valence-corrected chi connectivity index (χ2v) is 2.29. The Balaban J connectivity index is 2.56.